The normalized spacial score (nSPS) is 12.2. The minimum absolute atomic E-state index is 0.0289. The Kier molecular flexibility index (Phi) is 4.87. The van der Waals surface area contributed by atoms with Gasteiger partial charge in [-0.15, -0.1) is 0 Å². The summed E-state index contributed by atoms with van der Waals surface area (Å²) in [6.07, 6.45) is 0. The lowest BCUT2D eigenvalue weighted by molar-refractivity contribution is -0.140. The quantitative estimate of drug-likeness (QED) is 0.834. The van der Waals surface area contributed by atoms with E-state index in [0.29, 0.717) is 12.1 Å². The van der Waals surface area contributed by atoms with Crippen LogP contribution in [-0.2, 0) is 11.3 Å². The van der Waals surface area contributed by atoms with Gasteiger partial charge < -0.3 is 10.4 Å². The van der Waals surface area contributed by atoms with Crippen LogP contribution >= 0.6 is 0 Å². The Morgan fingerprint density at radius 1 is 1.50 bits per heavy atom. The number of carbonyl (C=O) groups is 1. The summed E-state index contributed by atoms with van der Waals surface area (Å²) in [5.74, 6) is -0.808. The molecule has 2 N–H and O–H groups in total. The summed E-state index contributed by atoms with van der Waals surface area (Å²) in [5.41, 5.74) is 2.63. The molecule has 0 saturated heterocycles. The van der Waals surface area contributed by atoms with Crippen molar-refractivity contribution < 1.29 is 9.90 Å². The van der Waals surface area contributed by atoms with Crippen molar-refractivity contribution in [2.24, 2.45) is 5.92 Å². The van der Waals surface area contributed by atoms with E-state index in [9.17, 15) is 4.79 Å². The number of aryl methyl sites for hydroxylation is 1. The van der Waals surface area contributed by atoms with E-state index in [1.165, 1.54) is 0 Å². The molecule has 0 fully saturated rings. The molecule has 0 heterocycles. The van der Waals surface area contributed by atoms with Gasteiger partial charge in [0.05, 0.1) is 11.6 Å². The summed E-state index contributed by atoms with van der Waals surface area (Å²) >= 11 is 0. The van der Waals surface area contributed by atoms with Crippen molar-refractivity contribution in [3.63, 3.8) is 0 Å². The number of nitriles is 1. The van der Waals surface area contributed by atoms with E-state index in [-0.39, 0.29) is 5.92 Å². The molecule has 4 nitrogen and oxygen atoms in total. The molecule has 0 saturated carbocycles. The molecule has 1 atom stereocenters. The lowest BCUT2D eigenvalue weighted by Gasteiger charge is -2.18. The molecule has 0 amide bonds. The number of aliphatic carboxylic acids is 1. The zero-order chi connectivity index (χ0) is 13.7. The molecular weight excluding hydrogens is 228 g/mol. The second kappa shape index (κ2) is 6.18. The largest absolute Gasteiger partial charge is 0.480 e. The molecule has 0 aromatic heterocycles. The van der Waals surface area contributed by atoms with Gasteiger partial charge in [0, 0.05) is 6.54 Å². The van der Waals surface area contributed by atoms with Gasteiger partial charge in [-0.1, -0.05) is 19.9 Å². The van der Waals surface area contributed by atoms with Gasteiger partial charge in [0.1, 0.15) is 6.04 Å². The van der Waals surface area contributed by atoms with E-state index in [1.807, 2.05) is 32.9 Å². The first kappa shape index (κ1) is 14.2. The average molecular weight is 246 g/mol. The highest BCUT2D eigenvalue weighted by Gasteiger charge is 2.20. The van der Waals surface area contributed by atoms with Gasteiger partial charge in [-0.05, 0) is 36.1 Å². The smallest absolute Gasteiger partial charge is 0.320 e. The van der Waals surface area contributed by atoms with Gasteiger partial charge in [0.2, 0.25) is 0 Å². The Morgan fingerprint density at radius 2 is 2.17 bits per heavy atom. The molecule has 0 radical (unpaired) electrons. The van der Waals surface area contributed by atoms with E-state index < -0.39 is 12.0 Å². The van der Waals surface area contributed by atoms with E-state index in [4.69, 9.17) is 10.4 Å². The van der Waals surface area contributed by atoms with Crippen LogP contribution < -0.4 is 5.32 Å². The number of rotatable bonds is 5. The van der Waals surface area contributed by atoms with Gasteiger partial charge in [-0.3, -0.25) is 4.79 Å². The molecule has 0 bridgehead atoms. The molecule has 1 aromatic rings. The molecule has 0 aliphatic carbocycles. The first-order chi connectivity index (χ1) is 8.45. The fourth-order valence-electron chi connectivity index (χ4n) is 1.79. The predicted molar refractivity (Wildman–Crippen MR) is 69.0 cm³/mol. The Labute approximate surface area is 107 Å². The van der Waals surface area contributed by atoms with Crippen LogP contribution in [0.3, 0.4) is 0 Å². The lowest BCUT2D eigenvalue weighted by Crippen LogP contribution is -2.40. The highest BCUT2D eigenvalue weighted by molar-refractivity contribution is 5.73. The fraction of sp³-hybridized carbons (Fsp3) is 0.429. The summed E-state index contributed by atoms with van der Waals surface area (Å²) < 4.78 is 0. The number of hydrogen-bond acceptors (Lipinski definition) is 3. The molecular formula is C14H18N2O2. The van der Waals surface area contributed by atoms with Gasteiger partial charge >= 0.3 is 5.97 Å². The van der Waals surface area contributed by atoms with Crippen LogP contribution in [0, 0.1) is 24.2 Å². The number of nitrogens with one attached hydrogen (secondary N) is 1. The van der Waals surface area contributed by atoms with Crippen LogP contribution in [0.4, 0.5) is 0 Å². The maximum absolute atomic E-state index is 11.0. The third-order valence-electron chi connectivity index (χ3n) is 2.92. The van der Waals surface area contributed by atoms with Crippen molar-refractivity contribution in [2.75, 3.05) is 0 Å². The highest BCUT2D eigenvalue weighted by atomic mass is 16.4. The fourth-order valence-corrected chi connectivity index (χ4v) is 1.79. The van der Waals surface area contributed by atoms with Crippen LogP contribution in [0.5, 0.6) is 0 Å². The monoisotopic (exact) mass is 246 g/mol. The Balaban J connectivity index is 2.74. The average Bonchev–Trinajstić information content (AvgIpc) is 2.30. The van der Waals surface area contributed by atoms with Gasteiger partial charge in [-0.25, -0.2) is 0 Å². The second-order valence-electron chi connectivity index (χ2n) is 4.69. The topological polar surface area (TPSA) is 73.1 Å². The van der Waals surface area contributed by atoms with Gasteiger partial charge in [0.15, 0.2) is 0 Å². The van der Waals surface area contributed by atoms with E-state index in [2.05, 4.69) is 11.4 Å². The van der Waals surface area contributed by atoms with E-state index in [0.717, 1.165) is 11.1 Å². The van der Waals surface area contributed by atoms with Crippen LogP contribution in [-0.4, -0.2) is 17.1 Å². The molecule has 1 rings (SSSR count). The van der Waals surface area contributed by atoms with Crippen LogP contribution in [0.15, 0.2) is 18.2 Å². The highest BCUT2D eigenvalue weighted by Crippen LogP contribution is 2.11. The minimum Gasteiger partial charge on any atom is -0.480 e. The van der Waals surface area contributed by atoms with Gasteiger partial charge in [0.25, 0.3) is 0 Å². The Morgan fingerprint density at radius 3 is 2.61 bits per heavy atom. The van der Waals surface area contributed by atoms with Crippen LogP contribution in [0.2, 0.25) is 0 Å². The standard InChI is InChI=1S/C14H18N2O2/c1-9(2)13(14(17)18)16-8-12-5-4-11(7-15)6-10(12)3/h4-6,9,13,16H,8H2,1-3H3,(H,17,18). The van der Waals surface area contributed by atoms with Crippen molar-refractivity contribution in [1.29, 1.82) is 5.26 Å². The van der Waals surface area contributed by atoms with Crippen LogP contribution in [0.25, 0.3) is 0 Å². The molecule has 0 aliphatic rings. The lowest BCUT2D eigenvalue weighted by atomic mass is 10.0. The zero-order valence-electron chi connectivity index (χ0n) is 10.9. The number of carboxylic acid groups (broad SMARTS) is 1. The number of benzene rings is 1. The van der Waals surface area contributed by atoms with Crippen molar-refractivity contribution in [3.05, 3.63) is 34.9 Å². The number of hydrogen-bond donors (Lipinski definition) is 2. The maximum Gasteiger partial charge on any atom is 0.320 e. The summed E-state index contributed by atoms with van der Waals surface area (Å²) in [6.45, 7) is 6.16. The third-order valence-corrected chi connectivity index (χ3v) is 2.92. The number of carboxylic acids is 1. The maximum atomic E-state index is 11.0. The molecule has 1 unspecified atom stereocenters. The molecule has 18 heavy (non-hydrogen) atoms. The predicted octanol–water partition coefficient (Wildman–Crippen LogP) is 2.07. The summed E-state index contributed by atoms with van der Waals surface area (Å²) in [7, 11) is 0. The summed E-state index contributed by atoms with van der Waals surface area (Å²) in [4.78, 5) is 11.0. The first-order valence-corrected chi connectivity index (χ1v) is 5.91. The van der Waals surface area contributed by atoms with E-state index in [1.54, 1.807) is 6.07 Å². The molecule has 4 heteroatoms. The minimum atomic E-state index is -0.837. The number of nitrogens with zero attached hydrogens (tertiary/aromatic N) is 1. The summed E-state index contributed by atoms with van der Waals surface area (Å²) in [5, 5.41) is 20.9. The molecule has 0 spiro atoms. The van der Waals surface area contributed by atoms with Crippen molar-refractivity contribution >= 4 is 5.97 Å². The first-order valence-electron chi connectivity index (χ1n) is 5.91. The van der Waals surface area contributed by atoms with Gasteiger partial charge in [-0.2, -0.15) is 5.26 Å². The van der Waals surface area contributed by atoms with E-state index >= 15 is 0 Å². The molecule has 96 valence electrons. The molecule has 0 aliphatic heterocycles. The Bertz CT molecular complexity index is 475. The van der Waals surface area contributed by atoms with Crippen LogP contribution in [0.1, 0.15) is 30.5 Å². The summed E-state index contributed by atoms with van der Waals surface area (Å²) in [6, 6.07) is 6.94. The SMILES string of the molecule is Cc1cc(C#N)ccc1CNC(C(=O)O)C(C)C. The van der Waals surface area contributed by atoms with Crippen molar-refractivity contribution in [2.45, 2.75) is 33.4 Å². The van der Waals surface area contributed by atoms with Crippen molar-refractivity contribution in [1.82, 2.24) is 5.32 Å². The Hall–Kier alpha value is -1.86. The third kappa shape index (κ3) is 3.57. The zero-order valence-corrected chi connectivity index (χ0v) is 10.9. The second-order valence-corrected chi connectivity index (χ2v) is 4.69. The molecule has 1 aromatic carbocycles. The van der Waals surface area contributed by atoms with Crippen molar-refractivity contribution in [3.8, 4) is 6.07 Å².